The van der Waals surface area contributed by atoms with Crippen molar-refractivity contribution in [3.8, 4) is 18.2 Å². The van der Waals surface area contributed by atoms with Gasteiger partial charge in [-0.2, -0.15) is 15.8 Å². The maximum absolute atomic E-state index is 9.86. The molecule has 1 aromatic heterocycles. The average molecular weight is 400 g/mol. The van der Waals surface area contributed by atoms with Crippen molar-refractivity contribution in [2.75, 3.05) is 20.1 Å². The van der Waals surface area contributed by atoms with E-state index in [0.717, 1.165) is 14.9 Å². The molecule has 1 N–H and O–H groups in total. The molecule has 0 aromatic carbocycles. The van der Waals surface area contributed by atoms with Gasteiger partial charge in [-0.1, -0.05) is 6.08 Å². The Morgan fingerprint density at radius 1 is 1.38 bits per heavy atom. The molecule has 0 bridgehead atoms. The molecule has 2 aliphatic rings. The van der Waals surface area contributed by atoms with Crippen LogP contribution in [-0.4, -0.2) is 30.7 Å². The summed E-state index contributed by atoms with van der Waals surface area (Å²) in [6, 6.07) is 8.26. The van der Waals surface area contributed by atoms with Gasteiger partial charge in [0.05, 0.1) is 23.9 Å². The van der Waals surface area contributed by atoms with E-state index in [1.165, 1.54) is 11.3 Å². The van der Waals surface area contributed by atoms with Gasteiger partial charge in [0.2, 0.25) is 0 Å². The maximum Gasteiger partial charge on any atom is 0.190 e. The number of hydrogen-bond acceptors (Lipinski definition) is 6. The molecular formula is C17H14BrN5S. The molecule has 5 nitrogen and oxygen atoms in total. The SMILES string of the molecule is CN1CC=C2C(C#N)C(=N)C(C#N)(C#N)[C@H](c3cc(Br)cs3)[C@H]2C1. The van der Waals surface area contributed by atoms with Gasteiger partial charge in [0.15, 0.2) is 5.41 Å². The minimum atomic E-state index is -1.61. The molecule has 1 fully saturated rings. The summed E-state index contributed by atoms with van der Waals surface area (Å²) in [4.78, 5) is 3.02. The number of likely N-dealkylation sites (N-methyl/N-ethyl adjacent to an activating group) is 1. The highest BCUT2D eigenvalue weighted by atomic mass is 79.9. The molecule has 1 aliphatic carbocycles. The highest BCUT2D eigenvalue weighted by Gasteiger charge is 2.58. The van der Waals surface area contributed by atoms with Gasteiger partial charge in [0.1, 0.15) is 5.92 Å². The van der Waals surface area contributed by atoms with Crippen LogP contribution in [0.1, 0.15) is 10.8 Å². The average Bonchev–Trinajstić information content (AvgIpc) is 3.00. The molecule has 1 aromatic rings. The van der Waals surface area contributed by atoms with E-state index in [2.05, 4.69) is 39.0 Å². The lowest BCUT2D eigenvalue weighted by molar-refractivity contribution is 0.237. The molecule has 0 saturated heterocycles. The number of rotatable bonds is 1. The van der Waals surface area contributed by atoms with Crippen LogP contribution in [0.25, 0.3) is 0 Å². The van der Waals surface area contributed by atoms with Crippen molar-refractivity contribution in [2.45, 2.75) is 5.92 Å². The van der Waals surface area contributed by atoms with E-state index >= 15 is 0 Å². The normalized spacial score (nSPS) is 28.9. The third-order valence-corrected chi connectivity index (χ3v) is 6.64. The first-order valence-corrected chi connectivity index (χ1v) is 9.09. The van der Waals surface area contributed by atoms with Crippen molar-refractivity contribution >= 4 is 33.0 Å². The molecule has 0 radical (unpaired) electrons. The molecule has 2 heterocycles. The molecule has 0 spiro atoms. The van der Waals surface area contributed by atoms with E-state index in [4.69, 9.17) is 5.41 Å². The summed E-state index contributed by atoms with van der Waals surface area (Å²) in [5.74, 6) is -1.34. The van der Waals surface area contributed by atoms with Crippen molar-refractivity contribution in [1.82, 2.24) is 4.90 Å². The second-order valence-corrected chi connectivity index (χ2v) is 8.04. The zero-order valence-corrected chi connectivity index (χ0v) is 15.4. The molecule has 1 unspecified atom stereocenters. The maximum atomic E-state index is 9.86. The van der Waals surface area contributed by atoms with Crippen LogP contribution in [0, 0.1) is 56.7 Å². The van der Waals surface area contributed by atoms with Crippen LogP contribution < -0.4 is 0 Å². The van der Waals surface area contributed by atoms with E-state index in [0.29, 0.717) is 13.1 Å². The summed E-state index contributed by atoms with van der Waals surface area (Å²) in [6.07, 6.45) is 1.99. The Hall–Kier alpha value is -1.98. The van der Waals surface area contributed by atoms with Crippen LogP contribution in [0.2, 0.25) is 0 Å². The molecule has 1 saturated carbocycles. The van der Waals surface area contributed by atoms with Gasteiger partial charge in [0, 0.05) is 39.7 Å². The minimum Gasteiger partial charge on any atom is -0.305 e. The summed E-state index contributed by atoms with van der Waals surface area (Å²) < 4.78 is 0.899. The zero-order chi connectivity index (χ0) is 17.5. The Kier molecular flexibility index (Phi) is 4.32. The quantitative estimate of drug-likeness (QED) is 0.732. The lowest BCUT2D eigenvalue weighted by Gasteiger charge is -2.46. The lowest BCUT2D eigenvalue weighted by Crippen LogP contribution is -2.52. The summed E-state index contributed by atoms with van der Waals surface area (Å²) in [6.45, 7) is 1.38. The highest BCUT2D eigenvalue weighted by Crippen LogP contribution is 2.54. The van der Waals surface area contributed by atoms with Crippen molar-refractivity contribution in [2.24, 2.45) is 17.3 Å². The molecule has 3 atom stereocenters. The summed E-state index contributed by atoms with van der Waals surface area (Å²) >= 11 is 4.92. The second-order valence-electron chi connectivity index (χ2n) is 6.18. The number of thiophene rings is 1. The lowest BCUT2D eigenvalue weighted by atomic mass is 9.55. The Bertz CT molecular complexity index is 836. The fourth-order valence-corrected chi connectivity index (χ4v) is 5.43. The smallest absolute Gasteiger partial charge is 0.190 e. The predicted octanol–water partition coefficient (Wildman–Crippen LogP) is 3.29. The Labute approximate surface area is 153 Å². The van der Waals surface area contributed by atoms with E-state index in [1.807, 2.05) is 24.6 Å². The van der Waals surface area contributed by atoms with Gasteiger partial charge in [-0.05, 0) is 34.6 Å². The second kappa shape index (κ2) is 6.15. The zero-order valence-electron chi connectivity index (χ0n) is 13.0. The number of nitrogens with one attached hydrogen (secondary N) is 1. The minimum absolute atomic E-state index is 0.0865. The van der Waals surface area contributed by atoms with Crippen molar-refractivity contribution in [3.05, 3.63) is 32.4 Å². The fraction of sp³-hybridized carbons (Fsp3) is 0.412. The van der Waals surface area contributed by atoms with Gasteiger partial charge in [-0.3, -0.25) is 0 Å². The molecule has 0 amide bonds. The molecule has 7 heteroatoms. The molecule has 24 heavy (non-hydrogen) atoms. The Morgan fingerprint density at radius 3 is 2.62 bits per heavy atom. The van der Waals surface area contributed by atoms with E-state index in [-0.39, 0.29) is 11.6 Å². The van der Waals surface area contributed by atoms with Gasteiger partial charge >= 0.3 is 0 Å². The first-order valence-electron chi connectivity index (χ1n) is 7.42. The first-order chi connectivity index (χ1) is 11.5. The van der Waals surface area contributed by atoms with Gasteiger partial charge < -0.3 is 10.3 Å². The van der Waals surface area contributed by atoms with E-state index < -0.39 is 17.3 Å². The topological polar surface area (TPSA) is 98.5 Å². The van der Waals surface area contributed by atoms with Gasteiger partial charge in [-0.25, -0.2) is 0 Å². The third kappa shape index (κ3) is 2.31. The summed E-state index contributed by atoms with van der Waals surface area (Å²) in [5, 5.41) is 39.7. The van der Waals surface area contributed by atoms with Crippen LogP contribution in [-0.2, 0) is 0 Å². The standard InChI is InChI=1S/C17H14BrN5S/c1-23-3-2-11-12(5-19)16(22)17(8-20,9-21)15(13(11)6-23)14-4-10(18)7-24-14/h2,4,7,12-13,15,22H,3,6H2,1H3/t12?,13-,15-/m0/s1. The van der Waals surface area contributed by atoms with Crippen LogP contribution in [0.3, 0.4) is 0 Å². The monoisotopic (exact) mass is 399 g/mol. The van der Waals surface area contributed by atoms with Crippen molar-refractivity contribution in [1.29, 1.82) is 21.2 Å². The van der Waals surface area contributed by atoms with Crippen molar-refractivity contribution in [3.63, 3.8) is 0 Å². The first kappa shape index (κ1) is 16.9. The number of hydrogen-bond donors (Lipinski definition) is 1. The van der Waals surface area contributed by atoms with Crippen LogP contribution in [0.5, 0.6) is 0 Å². The summed E-state index contributed by atoms with van der Waals surface area (Å²) in [7, 11) is 1.98. The fourth-order valence-electron chi connectivity index (χ4n) is 3.75. The highest BCUT2D eigenvalue weighted by molar-refractivity contribution is 9.10. The Morgan fingerprint density at radius 2 is 2.08 bits per heavy atom. The number of halogens is 1. The predicted molar refractivity (Wildman–Crippen MR) is 94.3 cm³/mol. The molecule has 120 valence electrons. The third-order valence-electron chi connectivity index (χ3n) is 4.87. The summed E-state index contributed by atoms with van der Waals surface area (Å²) in [5.41, 5.74) is -0.807. The molecular weight excluding hydrogens is 386 g/mol. The number of nitriles is 3. The van der Waals surface area contributed by atoms with Gasteiger partial charge in [0.25, 0.3) is 0 Å². The number of fused-ring (bicyclic) bond motifs is 1. The van der Waals surface area contributed by atoms with Gasteiger partial charge in [-0.15, -0.1) is 11.3 Å². The Balaban J connectivity index is 2.26. The van der Waals surface area contributed by atoms with Crippen molar-refractivity contribution < 1.29 is 0 Å². The molecule has 1 aliphatic heterocycles. The van der Waals surface area contributed by atoms with Crippen LogP contribution >= 0.6 is 27.3 Å². The van der Waals surface area contributed by atoms with Crippen LogP contribution in [0.15, 0.2) is 27.6 Å². The largest absolute Gasteiger partial charge is 0.305 e. The van der Waals surface area contributed by atoms with E-state index in [9.17, 15) is 15.8 Å². The van der Waals surface area contributed by atoms with Crippen LogP contribution in [0.4, 0.5) is 0 Å². The molecule has 3 rings (SSSR count). The number of nitrogens with zero attached hydrogens (tertiary/aromatic N) is 4. The van der Waals surface area contributed by atoms with E-state index in [1.54, 1.807) is 0 Å².